The summed E-state index contributed by atoms with van der Waals surface area (Å²) < 4.78 is 24.9. The molecule has 1 heterocycles. The van der Waals surface area contributed by atoms with Gasteiger partial charge in [0.2, 0.25) is 0 Å². The lowest BCUT2D eigenvalue weighted by atomic mass is 10.1. The fourth-order valence-corrected chi connectivity index (χ4v) is 2.64. The molecule has 0 amide bonds. The second-order valence-electron chi connectivity index (χ2n) is 6.42. The van der Waals surface area contributed by atoms with E-state index in [1.54, 1.807) is 12.1 Å². The standard InChI is InChI=1S/C15H21FO2Si/c1-15(2,3)19(4,5)18-10-11-6-7-13(16)14-12(11)8-9-17-14/h6-9H,10H2,1-5H3. The molecule has 4 heteroatoms. The summed E-state index contributed by atoms with van der Waals surface area (Å²) in [6.07, 6.45) is 1.52. The molecule has 0 aliphatic carbocycles. The van der Waals surface area contributed by atoms with Gasteiger partial charge in [0, 0.05) is 5.39 Å². The maximum Gasteiger partial charge on any atom is 0.192 e. The van der Waals surface area contributed by atoms with Crippen LogP contribution in [0.2, 0.25) is 18.1 Å². The van der Waals surface area contributed by atoms with Gasteiger partial charge in [0.25, 0.3) is 0 Å². The Morgan fingerprint density at radius 1 is 1.21 bits per heavy atom. The quantitative estimate of drug-likeness (QED) is 0.730. The van der Waals surface area contributed by atoms with Crippen molar-refractivity contribution in [2.45, 2.75) is 45.5 Å². The Kier molecular flexibility index (Phi) is 3.58. The van der Waals surface area contributed by atoms with E-state index in [-0.39, 0.29) is 10.9 Å². The molecule has 0 saturated carbocycles. The number of rotatable bonds is 3. The smallest absolute Gasteiger partial charge is 0.192 e. The molecule has 0 radical (unpaired) electrons. The number of halogens is 1. The van der Waals surface area contributed by atoms with E-state index < -0.39 is 8.32 Å². The van der Waals surface area contributed by atoms with Gasteiger partial charge in [-0.25, -0.2) is 4.39 Å². The lowest BCUT2D eigenvalue weighted by Gasteiger charge is -2.36. The average molecular weight is 280 g/mol. The first-order valence-electron chi connectivity index (χ1n) is 6.51. The van der Waals surface area contributed by atoms with Crippen molar-refractivity contribution in [3.8, 4) is 0 Å². The summed E-state index contributed by atoms with van der Waals surface area (Å²) in [7, 11) is -1.79. The van der Waals surface area contributed by atoms with Crippen molar-refractivity contribution >= 4 is 19.3 Å². The molecule has 0 unspecified atom stereocenters. The lowest BCUT2D eigenvalue weighted by molar-refractivity contribution is 0.277. The Morgan fingerprint density at radius 2 is 1.89 bits per heavy atom. The first kappa shape index (κ1) is 14.3. The molecule has 0 N–H and O–H groups in total. The van der Waals surface area contributed by atoms with Crippen molar-refractivity contribution in [2.75, 3.05) is 0 Å². The molecule has 0 fully saturated rings. The Labute approximate surface area is 114 Å². The number of fused-ring (bicyclic) bond motifs is 1. The Morgan fingerprint density at radius 3 is 2.53 bits per heavy atom. The molecule has 2 rings (SSSR count). The third kappa shape index (κ3) is 2.74. The number of hydrogen-bond donors (Lipinski definition) is 0. The van der Waals surface area contributed by atoms with E-state index in [1.165, 1.54) is 12.3 Å². The highest BCUT2D eigenvalue weighted by Gasteiger charge is 2.37. The van der Waals surface area contributed by atoms with Gasteiger partial charge in [-0.3, -0.25) is 0 Å². The van der Waals surface area contributed by atoms with Crippen LogP contribution in [-0.4, -0.2) is 8.32 Å². The molecule has 0 atom stereocenters. The fraction of sp³-hybridized carbons (Fsp3) is 0.467. The third-order valence-electron chi connectivity index (χ3n) is 4.05. The van der Waals surface area contributed by atoms with E-state index in [9.17, 15) is 4.39 Å². The predicted octanol–water partition coefficient (Wildman–Crippen LogP) is 5.09. The van der Waals surface area contributed by atoms with Crippen LogP contribution in [0, 0.1) is 5.82 Å². The first-order chi connectivity index (χ1) is 8.72. The molecule has 104 valence electrons. The van der Waals surface area contributed by atoms with E-state index >= 15 is 0 Å². The molecule has 19 heavy (non-hydrogen) atoms. The molecule has 0 aliphatic heterocycles. The zero-order chi connectivity index (χ0) is 14.3. The van der Waals surface area contributed by atoms with Gasteiger partial charge in [-0.1, -0.05) is 26.8 Å². The summed E-state index contributed by atoms with van der Waals surface area (Å²) in [5.41, 5.74) is 1.30. The fourth-order valence-electron chi connectivity index (χ4n) is 1.69. The van der Waals surface area contributed by atoms with E-state index in [4.69, 9.17) is 8.84 Å². The van der Waals surface area contributed by atoms with E-state index in [1.807, 2.05) is 0 Å². The highest BCUT2D eigenvalue weighted by Crippen LogP contribution is 2.37. The normalized spacial score (nSPS) is 13.2. The molecule has 0 saturated heterocycles. The molecule has 0 spiro atoms. The van der Waals surface area contributed by atoms with Gasteiger partial charge in [0.05, 0.1) is 12.9 Å². The van der Waals surface area contributed by atoms with Crippen LogP contribution in [0.1, 0.15) is 26.3 Å². The van der Waals surface area contributed by atoms with Crippen molar-refractivity contribution in [1.82, 2.24) is 0 Å². The molecule has 1 aromatic heterocycles. The average Bonchev–Trinajstić information content (AvgIpc) is 2.76. The Balaban J connectivity index is 2.24. The number of hydrogen-bond acceptors (Lipinski definition) is 2. The molecule has 2 aromatic rings. The van der Waals surface area contributed by atoms with Crippen LogP contribution >= 0.6 is 0 Å². The van der Waals surface area contributed by atoms with Gasteiger partial charge in [-0.15, -0.1) is 0 Å². The highest BCUT2D eigenvalue weighted by molar-refractivity contribution is 6.74. The van der Waals surface area contributed by atoms with Crippen molar-refractivity contribution in [3.63, 3.8) is 0 Å². The van der Waals surface area contributed by atoms with Gasteiger partial charge < -0.3 is 8.84 Å². The Hall–Kier alpha value is -1.13. The molecule has 1 aromatic carbocycles. The van der Waals surface area contributed by atoms with Crippen molar-refractivity contribution in [3.05, 3.63) is 35.8 Å². The second kappa shape index (κ2) is 4.76. The minimum absolute atomic E-state index is 0.169. The zero-order valence-corrected chi connectivity index (χ0v) is 13.2. The largest absolute Gasteiger partial charge is 0.461 e. The van der Waals surface area contributed by atoms with Crippen LogP contribution in [0.15, 0.2) is 28.9 Å². The van der Waals surface area contributed by atoms with Crippen LogP contribution < -0.4 is 0 Å². The minimum Gasteiger partial charge on any atom is -0.461 e. The first-order valence-corrected chi connectivity index (χ1v) is 9.42. The van der Waals surface area contributed by atoms with Gasteiger partial charge in [-0.05, 0) is 35.8 Å². The second-order valence-corrected chi connectivity index (χ2v) is 11.2. The van der Waals surface area contributed by atoms with Crippen LogP contribution in [0.25, 0.3) is 11.0 Å². The Bertz CT molecular complexity index is 581. The minimum atomic E-state index is -1.79. The number of furan rings is 1. The maximum absolute atomic E-state index is 13.5. The summed E-state index contributed by atoms with van der Waals surface area (Å²) in [6, 6.07) is 5.01. The molecule has 0 bridgehead atoms. The van der Waals surface area contributed by atoms with Crippen LogP contribution in [0.5, 0.6) is 0 Å². The highest BCUT2D eigenvalue weighted by atomic mass is 28.4. The maximum atomic E-state index is 13.5. The lowest BCUT2D eigenvalue weighted by Crippen LogP contribution is -2.40. The van der Waals surface area contributed by atoms with Crippen molar-refractivity contribution < 1.29 is 13.2 Å². The number of benzene rings is 1. The summed E-state index contributed by atoms with van der Waals surface area (Å²) >= 11 is 0. The molecule has 2 nitrogen and oxygen atoms in total. The van der Waals surface area contributed by atoms with Crippen LogP contribution in [0.3, 0.4) is 0 Å². The van der Waals surface area contributed by atoms with Crippen LogP contribution in [0.4, 0.5) is 4.39 Å². The van der Waals surface area contributed by atoms with Gasteiger partial charge in [0.1, 0.15) is 0 Å². The predicted molar refractivity (Wildman–Crippen MR) is 78.2 cm³/mol. The summed E-state index contributed by atoms with van der Waals surface area (Å²) in [5, 5.41) is 0.974. The SMILES string of the molecule is CC(C)(C)[Si](C)(C)OCc1ccc(F)c2occc12. The van der Waals surface area contributed by atoms with E-state index in [0.717, 1.165) is 10.9 Å². The van der Waals surface area contributed by atoms with Gasteiger partial charge in [-0.2, -0.15) is 0 Å². The van der Waals surface area contributed by atoms with Crippen molar-refractivity contribution in [2.24, 2.45) is 0 Å². The topological polar surface area (TPSA) is 22.4 Å². The van der Waals surface area contributed by atoms with Gasteiger partial charge in [0.15, 0.2) is 19.7 Å². The monoisotopic (exact) mass is 280 g/mol. The molecular weight excluding hydrogens is 259 g/mol. The van der Waals surface area contributed by atoms with E-state index in [2.05, 4.69) is 33.9 Å². The summed E-state index contributed by atoms with van der Waals surface area (Å²) in [5.74, 6) is -0.323. The van der Waals surface area contributed by atoms with Crippen LogP contribution in [-0.2, 0) is 11.0 Å². The third-order valence-corrected chi connectivity index (χ3v) is 8.53. The van der Waals surface area contributed by atoms with E-state index in [0.29, 0.717) is 12.2 Å². The molecular formula is C15H21FO2Si. The van der Waals surface area contributed by atoms with Crippen molar-refractivity contribution in [1.29, 1.82) is 0 Å². The molecule has 0 aliphatic rings. The zero-order valence-electron chi connectivity index (χ0n) is 12.2. The summed E-state index contributed by atoms with van der Waals surface area (Å²) in [4.78, 5) is 0. The van der Waals surface area contributed by atoms with Gasteiger partial charge >= 0.3 is 0 Å². The summed E-state index contributed by atoms with van der Waals surface area (Å²) in [6.45, 7) is 11.5.